The zero-order valence-electron chi connectivity index (χ0n) is 9.26. The monoisotopic (exact) mass is 342 g/mol. The molecule has 0 unspecified atom stereocenters. The third-order valence-corrected chi connectivity index (χ3v) is 2.91. The number of halogens is 1. The molecule has 1 aromatic heterocycles. The summed E-state index contributed by atoms with van der Waals surface area (Å²) in [6.07, 6.45) is 3.20. The van der Waals surface area contributed by atoms with Crippen molar-refractivity contribution in [2.45, 2.75) is 6.61 Å². The molecule has 2 aromatic rings. The maximum absolute atomic E-state index is 5.60. The van der Waals surface area contributed by atoms with Crippen molar-refractivity contribution in [3.63, 3.8) is 0 Å². The lowest BCUT2D eigenvalue weighted by Gasteiger charge is -2.07. The van der Waals surface area contributed by atoms with Gasteiger partial charge < -0.3 is 9.47 Å². The number of nitrogens with zero attached hydrogens (tertiary/aromatic N) is 2. The van der Waals surface area contributed by atoms with Crippen molar-refractivity contribution >= 4 is 22.6 Å². The van der Waals surface area contributed by atoms with Gasteiger partial charge in [0, 0.05) is 6.20 Å². The molecule has 0 atom stereocenters. The lowest BCUT2D eigenvalue weighted by molar-refractivity contribution is 0.290. The van der Waals surface area contributed by atoms with Crippen LogP contribution in [-0.4, -0.2) is 17.1 Å². The third kappa shape index (κ3) is 3.29. The van der Waals surface area contributed by atoms with Gasteiger partial charge in [-0.15, -0.1) is 0 Å². The Morgan fingerprint density at radius 3 is 2.65 bits per heavy atom. The highest BCUT2D eigenvalue weighted by atomic mass is 127. The summed E-state index contributed by atoms with van der Waals surface area (Å²) < 4.78 is 11.6. The summed E-state index contributed by atoms with van der Waals surface area (Å²) in [5, 5.41) is 0. The standard InChI is InChI=1S/C12H11IN2O2/c1-16-10-4-2-9(3-5-10)7-17-12-11(13)6-14-8-15-12/h2-6,8H,7H2,1H3. The van der Waals surface area contributed by atoms with E-state index in [1.165, 1.54) is 6.33 Å². The topological polar surface area (TPSA) is 44.2 Å². The quantitative estimate of drug-likeness (QED) is 0.802. The molecule has 0 N–H and O–H groups in total. The molecule has 5 heteroatoms. The SMILES string of the molecule is COc1ccc(COc2ncncc2I)cc1. The predicted octanol–water partition coefficient (Wildman–Crippen LogP) is 2.67. The van der Waals surface area contributed by atoms with E-state index in [0.717, 1.165) is 14.9 Å². The first kappa shape index (κ1) is 12.1. The Labute approximate surface area is 113 Å². The number of hydrogen-bond donors (Lipinski definition) is 0. The van der Waals surface area contributed by atoms with Gasteiger partial charge in [-0.3, -0.25) is 0 Å². The molecule has 0 saturated heterocycles. The van der Waals surface area contributed by atoms with E-state index < -0.39 is 0 Å². The average molecular weight is 342 g/mol. The highest BCUT2D eigenvalue weighted by molar-refractivity contribution is 14.1. The van der Waals surface area contributed by atoms with E-state index in [0.29, 0.717) is 12.5 Å². The van der Waals surface area contributed by atoms with Crippen molar-refractivity contribution in [1.29, 1.82) is 0 Å². The molecule has 4 nitrogen and oxygen atoms in total. The Bertz CT molecular complexity index is 488. The molecule has 0 aliphatic rings. The van der Waals surface area contributed by atoms with Crippen molar-refractivity contribution in [2.75, 3.05) is 7.11 Å². The van der Waals surface area contributed by atoms with Crippen LogP contribution in [0.15, 0.2) is 36.8 Å². The number of benzene rings is 1. The number of ether oxygens (including phenoxy) is 2. The molecule has 0 amide bonds. The van der Waals surface area contributed by atoms with Crippen LogP contribution in [0.2, 0.25) is 0 Å². The number of rotatable bonds is 4. The fourth-order valence-corrected chi connectivity index (χ4v) is 1.74. The summed E-state index contributed by atoms with van der Waals surface area (Å²) in [5.74, 6) is 1.45. The summed E-state index contributed by atoms with van der Waals surface area (Å²) in [4.78, 5) is 7.97. The van der Waals surface area contributed by atoms with Gasteiger partial charge in [0.05, 0.1) is 10.7 Å². The largest absolute Gasteiger partial charge is 0.497 e. The molecule has 0 radical (unpaired) electrons. The second-order valence-corrected chi connectivity index (χ2v) is 4.47. The summed E-state index contributed by atoms with van der Waals surface area (Å²) >= 11 is 2.14. The Kier molecular flexibility index (Phi) is 4.13. The Morgan fingerprint density at radius 2 is 2.00 bits per heavy atom. The number of methoxy groups -OCH3 is 1. The zero-order chi connectivity index (χ0) is 12.1. The average Bonchev–Trinajstić information content (AvgIpc) is 2.38. The Hall–Kier alpha value is -1.37. The van der Waals surface area contributed by atoms with Gasteiger partial charge in [0.15, 0.2) is 0 Å². The van der Waals surface area contributed by atoms with Crippen molar-refractivity contribution in [3.05, 3.63) is 45.9 Å². The fourth-order valence-electron chi connectivity index (χ4n) is 1.28. The van der Waals surface area contributed by atoms with Crippen molar-refractivity contribution < 1.29 is 9.47 Å². The van der Waals surface area contributed by atoms with Crippen LogP contribution < -0.4 is 9.47 Å². The second-order valence-electron chi connectivity index (χ2n) is 3.31. The summed E-state index contributed by atoms with van der Waals surface area (Å²) in [6.45, 7) is 0.483. The molecule has 0 spiro atoms. The van der Waals surface area contributed by atoms with Crippen molar-refractivity contribution in [3.8, 4) is 11.6 Å². The van der Waals surface area contributed by atoms with Crippen molar-refractivity contribution in [2.24, 2.45) is 0 Å². The molecule has 0 aliphatic heterocycles. The summed E-state index contributed by atoms with van der Waals surface area (Å²) in [6, 6.07) is 7.74. The maximum atomic E-state index is 5.60. The first-order valence-electron chi connectivity index (χ1n) is 5.01. The van der Waals surface area contributed by atoms with Gasteiger partial charge in [0.25, 0.3) is 0 Å². The molecule has 17 heavy (non-hydrogen) atoms. The van der Waals surface area contributed by atoms with Crippen LogP contribution in [-0.2, 0) is 6.61 Å². The van der Waals surface area contributed by atoms with Crippen LogP contribution in [0, 0.1) is 3.57 Å². The number of hydrogen-bond acceptors (Lipinski definition) is 4. The molecule has 2 rings (SSSR count). The highest BCUT2D eigenvalue weighted by Gasteiger charge is 2.02. The molecule has 0 aliphatic carbocycles. The van der Waals surface area contributed by atoms with Crippen molar-refractivity contribution in [1.82, 2.24) is 9.97 Å². The van der Waals surface area contributed by atoms with E-state index in [1.54, 1.807) is 13.3 Å². The van der Waals surface area contributed by atoms with Gasteiger partial charge in [-0.25, -0.2) is 9.97 Å². The first-order valence-corrected chi connectivity index (χ1v) is 6.08. The molecule has 88 valence electrons. The molecule has 0 saturated carbocycles. The Morgan fingerprint density at radius 1 is 1.24 bits per heavy atom. The molecule has 1 heterocycles. The highest BCUT2D eigenvalue weighted by Crippen LogP contribution is 2.17. The summed E-state index contributed by atoms with van der Waals surface area (Å²) in [7, 11) is 1.65. The van der Waals surface area contributed by atoms with Gasteiger partial charge in [0.1, 0.15) is 18.7 Å². The van der Waals surface area contributed by atoms with Crippen LogP contribution in [0.1, 0.15) is 5.56 Å². The number of aromatic nitrogens is 2. The normalized spacial score (nSPS) is 10.0. The first-order chi connectivity index (χ1) is 8.29. The van der Waals surface area contributed by atoms with E-state index in [2.05, 4.69) is 32.6 Å². The summed E-state index contributed by atoms with van der Waals surface area (Å²) in [5.41, 5.74) is 1.07. The van der Waals surface area contributed by atoms with Gasteiger partial charge in [0.2, 0.25) is 5.88 Å². The molecular weight excluding hydrogens is 331 g/mol. The maximum Gasteiger partial charge on any atom is 0.230 e. The minimum absolute atomic E-state index is 0.483. The van der Waals surface area contributed by atoms with Crippen LogP contribution in [0.5, 0.6) is 11.6 Å². The predicted molar refractivity (Wildman–Crippen MR) is 72.1 cm³/mol. The van der Waals surface area contributed by atoms with Gasteiger partial charge in [-0.1, -0.05) is 12.1 Å². The smallest absolute Gasteiger partial charge is 0.230 e. The lowest BCUT2D eigenvalue weighted by atomic mass is 10.2. The molecule has 0 bridgehead atoms. The molecular formula is C12H11IN2O2. The second kappa shape index (κ2) is 5.81. The van der Waals surface area contributed by atoms with E-state index in [4.69, 9.17) is 9.47 Å². The minimum Gasteiger partial charge on any atom is -0.497 e. The van der Waals surface area contributed by atoms with Crippen LogP contribution in [0.4, 0.5) is 0 Å². The third-order valence-electron chi connectivity index (χ3n) is 2.17. The van der Waals surface area contributed by atoms with Gasteiger partial charge >= 0.3 is 0 Å². The van der Waals surface area contributed by atoms with E-state index in [9.17, 15) is 0 Å². The van der Waals surface area contributed by atoms with Crippen LogP contribution in [0.25, 0.3) is 0 Å². The van der Waals surface area contributed by atoms with Crippen LogP contribution >= 0.6 is 22.6 Å². The minimum atomic E-state index is 0.483. The van der Waals surface area contributed by atoms with Crippen LogP contribution in [0.3, 0.4) is 0 Å². The lowest BCUT2D eigenvalue weighted by Crippen LogP contribution is -1.99. The molecule has 1 aromatic carbocycles. The fraction of sp³-hybridized carbons (Fsp3) is 0.167. The van der Waals surface area contributed by atoms with E-state index >= 15 is 0 Å². The van der Waals surface area contributed by atoms with E-state index in [1.807, 2.05) is 24.3 Å². The molecule has 0 fully saturated rings. The van der Waals surface area contributed by atoms with Gasteiger partial charge in [-0.2, -0.15) is 0 Å². The van der Waals surface area contributed by atoms with Gasteiger partial charge in [-0.05, 0) is 40.3 Å². The Balaban J connectivity index is 2.00. The van der Waals surface area contributed by atoms with E-state index in [-0.39, 0.29) is 0 Å². The zero-order valence-corrected chi connectivity index (χ0v) is 11.4.